The second-order valence-corrected chi connectivity index (χ2v) is 7.60. The fourth-order valence-corrected chi connectivity index (χ4v) is 4.14. The van der Waals surface area contributed by atoms with Crippen LogP contribution in [0, 0.1) is 0 Å². The van der Waals surface area contributed by atoms with Gasteiger partial charge in [-0.15, -0.1) is 11.3 Å². The standard InChI is InChI=1S/C16H26N2O2S/c1-17(2)10-14-5-6-16(20-14)12-18(7-8-19-13-16)11-15-4-3-9-21-15/h3-4,9,14H,5-8,10-13H2,1-2H3/t14-,16-/m0/s1. The molecule has 0 bridgehead atoms. The summed E-state index contributed by atoms with van der Waals surface area (Å²) in [4.78, 5) is 6.14. The topological polar surface area (TPSA) is 24.9 Å². The maximum atomic E-state index is 6.43. The lowest BCUT2D eigenvalue weighted by molar-refractivity contribution is -0.0901. The highest BCUT2D eigenvalue weighted by Gasteiger charge is 2.43. The Morgan fingerprint density at radius 3 is 3.14 bits per heavy atom. The number of nitrogens with zero attached hydrogens (tertiary/aromatic N) is 2. The normalized spacial score (nSPS) is 31.1. The fraction of sp³-hybridized carbons (Fsp3) is 0.750. The Morgan fingerprint density at radius 2 is 2.38 bits per heavy atom. The van der Waals surface area contributed by atoms with E-state index >= 15 is 0 Å². The first-order valence-corrected chi connectivity index (χ1v) is 8.68. The van der Waals surface area contributed by atoms with Crippen molar-refractivity contribution < 1.29 is 9.47 Å². The van der Waals surface area contributed by atoms with Gasteiger partial charge >= 0.3 is 0 Å². The minimum absolute atomic E-state index is 0.0889. The van der Waals surface area contributed by atoms with E-state index in [-0.39, 0.29) is 5.60 Å². The average Bonchev–Trinajstić information content (AvgIpc) is 3.00. The number of likely N-dealkylation sites (N-methyl/N-ethyl adjacent to an activating group) is 1. The van der Waals surface area contributed by atoms with Crippen molar-refractivity contribution >= 4 is 11.3 Å². The second kappa shape index (κ2) is 6.75. The van der Waals surface area contributed by atoms with Gasteiger partial charge < -0.3 is 14.4 Å². The molecule has 3 rings (SSSR count). The van der Waals surface area contributed by atoms with Crippen LogP contribution in [0.25, 0.3) is 0 Å². The van der Waals surface area contributed by atoms with Crippen LogP contribution in [0.1, 0.15) is 17.7 Å². The van der Waals surface area contributed by atoms with E-state index in [1.54, 1.807) is 0 Å². The van der Waals surface area contributed by atoms with Crippen LogP contribution in [-0.4, -0.2) is 68.4 Å². The number of rotatable bonds is 4. The summed E-state index contributed by atoms with van der Waals surface area (Å²) in [6.45, 7) is 5.58. The van der Waals surface area contributed by atoms with E-state index in [0.29, 0.717) is 6.10 Å². The van der Waals surface area contributed by atoms with Gasteiger partial charge in [0, 0.05) is 31.1 Å². The zero-order chi connectivity index (χ0) is 14.7. The summed E-state index contributed by atoms with van der Waals surface area (Å²) in [5.74, 6) is 0. The molecule has 0 radical (unpaired) electrons. The third kappa shape index (κ3) is 4.05. The summed E-state index contributed by atoms with van der Waals surface area (Å²) in [5.41, 5.74) is -0.0889. The molecule has 2 aliphatic rings. The lowest BCUT2D eigenvalue weighted by atomic mass is 10.00. The maximum Gasteiger partial charge on any atom is 0.105 e. The Hall–Kier alpha value is -0.460. The van der Waals surface area contributed by atoms with Gasteiger partial charge in [0.05, 0.1) is 19.3 Å². The predicted octanol–water partition coefficient (Wildman–Crippen LogP) is 2.06. The Kier molecular flexibility index (Phi) is 4.96. The van der Waals surface area contributed by atoms with Crippen LogP contribution < -0.4 is 0 Å². The summed E-state index contributed by atoms with van der Waals surface area (Å²) in [6.07, 6.45) is 2.62. The third-order valence-electron chi connectivity index (χ3n) is 4.30. The highest BCUT2D eigenvalue weighted by Crippen LogP contribution is 2.33. The molecule has 0 amide bonds. The fourth-order valence-electron chi connectivity index (χ4n) is 3.40. The third-order valence-corrected chi connectivity index (χ3v) is 5.16. The van der Waals surface area contributed by atoms with Crippen molar-refractivity contribution in [3.05, 3.63) is 22.4 Å². The molecular weight excluding hydrogens is 284 g/mol. The van der Waals surface area contributed by atoms with Crippen LogP contribution in [0.4, 0.5) is 0 Å². The molecule has 118 valence electrons. The van der Waals surface area contributed by atoms with Crippen molar-refractivity contribution in [2.45, 2.75) is 31.1 Å². The highest BCUT2D eigenvalue weighted by molar-refractivity contribution is 7.09. The van der Waals surface area contributed by atoms with Crippen molar-refractivity contribution in [3.8, 4) is 0 Å². The number of ether oxygens (including phenoxy) is 2. The van der Waals surface area contributed by atoms with E-state index in [0.717, 1.165) is 52.2 Å². The Balaban J connectivity index is 1.62. The van der Waals surface area contributed by atoms with Gasteiger partial charge in [-0.2, -0.15) is 0 Å². The second-order valence-electron chi connectivity index (χ2n) is 6.57. The molecule has 0 aromatic carbocycles. The molecule has 2 atom stereocenters. The molecule has 4 nitrogen and oxygen atoms in total. The maximum absolute atomic E-state index is 6.43. The van der Waals surface area contributed by atoms with Crippen LogP contribution in [0.3, 0.4) is 0 Å². The van der Waals surface area contributed by atoms with Crippen LogP contribution in [0.2, 0.25) is 0 Å². The van der Waals surface area contributed by atoms with E-state index in [1.165, 1.54) is 4.88 Å². The molecule has 2 aliphatic heterocycles. The zero-order valence-corrected chi connectivity index (χ0v) is 13.9. The van der Waals surface area contributed by atoms with Crippen LogP contribution >= 0.6 is 11.3 Å². The number of thiophene rings is 1. The van der Waals surface area contributed by atoms with Crippen LogP contribution in [0.15, 0.2) is 17.5 Å². The summed E-state index contributed by atoms with van der Waals surface area (Å²) < 4.78 is 12.3. The minimum Gasteiger partial charge on any atom is -0.377 e. The Bertz CT molecular complexity index is 437. The zero-order valence-electron chi connectivity index (χ0n) is 13.1. The van der Waals surface area contributed by atoms with Gasteiger partial charge in [-0.05, 0) is 38.4 Å². The molecule has 1 spiro atoms. The summed E-state index contributed by atoms with van der Waals surface area (Å²) in [6, 6.07) is 4.34. The summed E-state index contributed by atoms with van der Waals surface area (Å²) in [5, 5.41) is 2.15. The van der Waals surface area contributed by atoms with E-state index in [1.807, 2.05) is 11.3 Å². The van der Waals surface area contributed by atoms with E-state index in [2.05, 4.69) is 41.4 Å². The molecule has 2 fully saturated rings. The van der Waals surface area contributed by atoms with Crippen LogP contribution in [0.5, 0.6) is 0 Å². The van der Waals surface area contributed by atoms with Crippen LogP contribution in [-0.2, 0) is 16.0 Å². The SMILES string of the molecule is CN(C)C[C@@H]1CC[C@]2(COCCN(Cc3cccs3)C2)O1. The monoisotopic (exact) mass is 310 g/mol. The average molecular weight is 310 g/mol. The predicted molar refractivity (Wildman–Crippen MR) is 85.8 cm³/mol. The lowest BCUT2D eigenvalue weighted by Gasteiger charge is -2.32. The first kappa shape index (κ1) is 15.4. The largest absolute Gasteiger partial charge is 0.377 e. The molecular formula is C16H26N2O2S. The van der Waals surface area contributed by atoms with Gasteiger partial charge in [0.1, 0.15) is 5.60 Å². The van der Waals surface area contributed by atoms with Crippen molar-refractivity contribution in [2.24, 2.45) is 0 Å². The first-order chi connectivity index (χ1) is 10.2. The van der Waals surface area contributed by atoms with Gasteiger partial charge in [0.15, 0.2) is 0 Å². The van der Waals surface area contributed by atoms with Crippen molar-refractivity contribution in [1.82, 2.24) is 9.80 Å². The molecule has 5 heteroatoms. The summed E-state index contributed by atoms with van der Waals surface area (Å²) >= 11 is 1.83. The van der Waals surface area contributed by atoms with Gasteiger partial charge in [-0.3, -0.25) is 4.90 Å². The molecule has 2 saturated heterocycles. The molecule has 0 aliphatic carbocycles. The van der Waals surface area contributed by atoms with Crippen molar-refractivity contribution in [3.63, 3.8) is 0 Å². The molecule has 0 unspecified atom stereocenters. The van der Waals surface area contributed by atoms with Gasteiger partial charge in [0.2, 0.25) is 0 Å². The molecule has 1 aromatic heterocycles. The number of hydrogen-bond donors (Lipinski definition) is 0. The van der Waals surface area contributed by atoms with E-state index < -0.39 is 0 Å². The lowest BCUT2D eigenvalue weighted by Crippen LogP contribution is -2.44. The number of hydrogen-bond acceptors (Lipinski definition) is 5. The molecule has 21 heavy (non-hydrogen) atoms. The molecule has 3 heterocycles. The van der Waals surface area contributed by atoms with Gasteiger partial charge in [-0.25, -0.2) is 0 Å². The first-order valence-electron chi connectivity index (χ1n) is 7.80. The van der Waals surface area contributed by atoms with E-state index in [4.69, 9.17) is 9.47 Å². The van der Waals surface area contributed by atoms with Gasteiger partial charge in [-0.1, -0.05) is 6.07 Å². The van der Waals surface area contributed by atoms with Crippen molar-refractivity contribution in [2.75, 3.05) is 46.9 Å². The molecule has 0 N–H and O–H groups in total. The van der Waals surface area contributed by atoms with E-state index in [9.17, 15) is 0 Å². The minimum atomic E-state index is -0.0889. The summed E-state index contributed by atoms with van der Waals surface area (Å²) in [7, 11) is 4.22. The quantitative estimate of drug-likeness (QED) is 0.850. The molecule has 1 aromatic rings. The Morgan fingerprint density at radius 1 is 1.48 bits per heavy atom. The highest BCUT2D eigenvalue weighted by atomic mass is 32.1. The Labute approximate surface area is 131 Å². The smallest absolute Gasteiger partial charge is 0.105 e. The molecule has 0 saturated carbocycles. The van der Waals surface area contributed by atoms with Crippen molar-refractivity contribution in [1.29, 1.82) is 0 Å². The van der Waals surface area contributed by atoms with Gasteiger partial charge in [0.25, 0.3) is 0 Å².